The molecule has 7 nitrogen and oxygen atoms in total. The Morgan fingerprint density at radius 1 is 1.14 bits per heavy atom. The van der Waals surface area contributed by atoms with Crippen molar-refractivity contribution in [2.24, 2.45) is 0 Å². The summed E-state index contributed by atoms with van der Waals surface area (Å²) in [5.41, 5.74) is 1.48. The number of rotatable bonds is 6. The molecule has 2 heterocycles. The van der Waals surface area contributed by atoms with E-state index in [-0.39, 0.29) is 12.0 Å². The van der Waals surface area contributed by atoms with E-state index in [0.29, 0.717) is 30.9 Å². The molecule has 1 aliphatic heterocycles. The van der Waals surface area contributed by atoms with Crippen molar-refractivity contribution in [2.75, 3.05) is 25.1 Å². The third-order valence-corrected chi connectivity index (χ3v) is 5.88. The van der Waals surface area contributed by atoms with Gasteiger partial charge < -0.3 is 14.8 Å². The van der Waals surface area contributed by atoms with Crippen LogP contribution in [-0.4, -0.2) is 47.7 Å². The first-order valence-corrected chi connectivity index (χ1v) is 11.5. The van der Waals surface area contributed by atoms with Gasteiger partial charge >= 0.3 is 6.09 Å². The Labute approximate surface area is 203 Å². The second kappa shape index (κ2) is 10.0. The highest BCUT2D eigenvalue weighted by atomic mass is 19.2. The van der Waals surface area contributed by atoms with Gasteiger partial charge in [0.15, 0.2) is 11.6 Å². The van der Waals surface area contributed by atoms with Gasteiger partial charge in [-0.1, -0.05) is 18.2 Å². The van der Waals surface area contributed by atoms with Crippen molar-refractivity contribution in [3.8, 4) is 5.75 Å². The van der Waals surface area contributed by atoms with Gasteiger partial charge in [0.1, 0.15) is 11.4 Å². The van der Waals surface area contributed by atoms with Crippen LogP contribution in [0.3, 0.4) is 0 Å². The standard InChI is InChI=1S/C26H30F2N4O3/c1-26(2,3)35-25(33)32(24-14-29-13-21(24)18-7-10-22(27)23(28)11-18)19-12-30-31(16-19)15-17-5-8-20(34-4)9-6-17/h5-12,16,21,24,29H,13-15H2,1-4H3/t21-,24+/m0/s1. The van der Waals surface area contributed by atoms with Crippen molar-refractivity contribution >= 4 is 11.8 Å². The van der Waals surface area contributed by atoms with Crippen LogP contribution in [0.15, 0.2) is 54.9 Å². The molecule has 35 heavy (non-hydrogen) atoms. The number of carbonyl (C=O) groups is 1. The molecule has 9 heteroatoms. The van der Waals surface area contributed by atoms with E-state index in [1.807, 2.05) is 24.3 Å². The molecule has 3 aromatic rings. The molecule has 4 rings (SSSR count). The van der Waals surface area contributed by atoms with Crippen molar-refractivity contribution in [2.45, 2.75) is 44.9 Å². The summed E-state index contributed by atoms with van der Waals surface area (Å²) in [5, 5.41) is 7.73. The van der Waals surface area contributed by atoms with Crippen LogP contribution >= 0.6 is 0 Å². The van der Waals surface area contributed by atoms with Gasteiger partial charge in [0.2, 0.25) is 0 Å². The van der Waals surface area contributed by atoms with Crippen LogP contribution in [-0.2, 0) is 11.3 Å². The summed E-state index contributed by atoms with van der Waals surface area (Å²) in [5.74, 6) is -1.31. The van der Waals surface area contributed by atoms with Crippen LogP contribution in [0.25, 0.3) is 0 Å². The minimum absolute atomic E-state index is 0.262. The summed E-state index contributed by atoms with van der Waals surface area (Å²) < 4.78 is 40.2. The van der Waals surface area contributed by atoms with E-state index in [2.05, 4.69) is 10.4 Å². The fourth-order valence-electron chi connectivity index (χ4n) is 4.24. The largest absolute Gasteiger partial charge is 0.497 e. The molecule has 0 unspecified atom stereocenters. The molecule has 1 fully saturated rings. The first kappa shape index (κ1) is 24.7. The summed E-state index contributed by atoms with van der Waals surface area (Å²) in [7, 11) is 1.62. The number of nitrogens with zero attached hydrogens (tertiary/aromatic N) is 3. The monoisotopic (exact) mass is 484 g/mol. The van der Waals surface area contributed by atoms with Gasteiger partial charge in [-0.2, -0.15) is 5.10 Å². The number of methoxy groups -OCH3 is 1. The quantitative estimate of drug-likeness (QED) is 0.549. The van der Waals surface area contributed by atoms with E-state index < -0.39 is 23.3 Å². The number of nitrogens with one attached hydrogen (secondary N) is 1. The second-order valence-electron chi connectivity index (χ2n) is 9.60. The molecule has 2 aromatic carbocycles. The summed E-state index contributed by atoms with van der Waals surface area (Å²) >= 11 is 0. The lowest BCUT2D eigenvalue weighted by Gasteiger charge is -2.33. The fourth-order valence-corrected chi connectivity index (χ4v) is 4.24. The Hall–Kier alpha value is -3.46. The normalized spacial score (nSPS) is 17.9. The van der Waals surface area contributed by atoms with Crippen LogP contribution in [0, 0.1) is 11.6 Å². The zero-order valence-corrected chi connectivity index (χ0v) is 20.3. The molecule has 0 radical (unpaired) electrons. The molecular formula is C26H30F2N4O3. The third kappa shape index (κ3) is 5.79. The van der Waals surface area contributed by atoms with E-state index in [9.17, 15) is 13.6 Å². The minimum Gasteiger partial charge on any atom is -0.497 e. The SMILES string of the molecule is COc1ccc(Cn2cc(N(C(=O)OC(C)(C)C)[C@@H]3CNC[C@H]3c3ccc(F)c(F)c3)cn2)cc1. The molecular weight excluding hydrogens is 454 g/mol. The van der Waals surface area contributed by atoms with E-state index in [1.165, 1.54) is 6.07 Å². The van der Waals surface area contributed by atoms with Crippen molar-refractivity contribution < 1.29 is 23.0 Å². The summed E-state index contributed by atoms with van der Waals surface area (Å²) in [6.07, 6.45) is 2.88. The Kier molecular flexibility index (Phi) is 7.07. The number of carbonyl (C=O) groups excluding carboxylic acids is 1. The average Bonchev–Trinajstić information content (AvgIpc) is 3.46. The molecule has 1 aromatic heterocycles. The Balaban J connectivity index is 1.64. The lowest BCUT2D eigenvalue weighted by Crippen LogP contribution is -2.46. The highest BCUT2D eigenvalue weighted by Crippen LogP contribution is 2.32. The van der Waals surface area contributed by atoms with Crippen molar-refractivity contribution in [3.05, 3.63) is 77.6 Å². The summed E-state index contributed by atoms with van der Waals surface area (Å²) in [4.78, 5) is 14.9. The zero-order chi connectivity index (χ0) is 25.2. The topological polar surface area (TPSA) is 68.6 Å². The van der Waals surface area contributed by atoms with Crippen LogP contribution in [0.2, 0.25) is 0 Å². The zero-order valence-electron chi connectivity index (χ0n) is 20.3. The first-order chi connectivity index (χ1) is 16.6. The van der Waals surface area contributed by atoms with E-state index in [1.54, 1.807) is 55.9 Å². The maximum atomic E-state index is 14.0. The van der Waals surface area contributed by atoms with Crippen LogP contribution in [0.4, 0.5) is 19.3 Å². The molecule has 1 N–H and O–H groups in total. The smallest absolute Gasteiger partial charge is 0.415 e. The lowest BCUT2D eigenvalue weighted by molar-refractivity contribution is 0.0565. The molecule has 0 spiro atoms. The molecule has 0 bridgehead atoms. The number of anilines is 1. The van der Waals surface area contributed by atoms with Crippen LogP contribution in [0.1, 0.15) is 37.8 Å². The average molecular weight is 485 g/mol. The first-order valence-electron chi connectivity index (χ1n) is 11.5. The van der Waals surface area contributed by atoms with Gasteiger partial charge in [-0.3, -0.25) is 9.58 Å². The molecule has 1 aliphatic rings. The summed E-state index contributed by atoms with van der Waals surface area (Å²) in [6, 6.07) is 11.1. The number of amides is 1. The number of halogens is 2. The fraction of sp³-hybridized carbons (Fsp3) is 0.385. The minimum atomic E-state index is -0.913. The second-order valence-corrected chi connectivity index (χ2v) is 9.60. The lowest BCUT2D eigenvalue weighted by atomic mass is 9.93. The molecule has 186 valence electrons. The van der Waals surface area contributed by atoms with Gasteiger partial charge in [-0.15, -0.1) is 0 Å². The third-order valence-electron chi connectivity index (χ3n) is 5.88. The Morgan fingerprint density at radius 2 is 1.89 bits per heavy atom. The number of ether oxygens (including phenoxy) is 2. The highest BCUT2D eigenvalue weighted by Gasteiger charge is 2.39. The van der Waals surface area contributed by atoms with Crippen LogP contribution < -0.4 is 15.0 Å². The van der Waals surface area contributed by atoms with Gasteiger partial charge in [-0.05, 0) is 56.2 Å². The maximum Gasteiger partial charge on any atom is 0.415 e. The van der Waals surface area contributed by atoms with Gasteiger partial charge in [0.05, 0.1) is 31.6 Å². The molecule has 2 atom stereocenters. The summed E-state index contributed by atoms with van der Waals surface area (Å²) in [6.45, 7) is 6.88. The number of benzene rings is 2. The van der Waals surface area contributed by atoms with E-state index in [4.69, 9.17) is 9.47 Å². The highest BCUT2D eigenvalue weighted by molar-refractivity contribution is 5.88. The van der Waals surface area contributed by atoms with Gasteiger partial charge in [-0.25, -0.2) is 13.6 Å². The van der Waals surface area contributed by atoms with E-state index >= 15 is 0 Å². The maximum absolute atomic E-state index is 14.0. The Morgan fingerprint density at radius 3 is 2.54 bits per heavy atom. The van der Waals surface area contributed by atoms with E-state index in [0.717, 1.165) is 17.4 Å². The molecule has 0 aliphatic carbocycles. The number of hydrogen-bond donors (Lipinski definition) is 1. The van der Waals surface area contributed by atoms with Crippen molar-refractivity contribution in [1.82, 2.24) is 15.1 Å². The van der Waals surface area contributed by atoms with Gasteiger partial charge in [0.25, 0.3) is 0 Å². The predicted molar refractivity (Wildman–Crippen MR) is 129 cm³/mol. The van der Waals surface area contributed by atoms with Crippen molar-refractivity contribution in [1.29, 1.82) is 0 Å². The molecule has 1 saturated heterocycles. The predicted octanol–water partition coefficient (Wildman–Crippen LogP) is 4.72. The Bertz CT molecular complexity index is 1170. The molecule has 1 amide bonds. The van der Waals surface area contributed by atoms with Gasteiger partial charge in [0, 0.05) is 25.2 Å². The number of aromatic nitrogens is 2. The molecule has 0 saturated carbocycles. The number of hydrogen-bond acceptors (Lipinski definition) is 5. The van der Waals surface area contributed by atoms with Crippen molar-refractivity contribution in [3.63, 3.8) is 0 Å². The van der Waals surface area contributed by atoms with Crippen LogP contribution in [0.5, 0.6) is 5.75 Å².